The Kier molecular flexibility index (Phi) is 4.20. The highest BCUT2D eigenvalue weighted by Crippen LogP contribution is 2.31. The zero-order chi connectivity index (χ0) is 12.4. The van der Waals surface area contributed by atoms with E-state index in [-0.39, 0.29) is 6.04 Å². The predicted octanol–water partition coefficient (Wildman–Crippen LogP) is 2.61. The normalized spacial score (nSPS) is 21.8. The van der Waals surface area contributed by atoms with E-state index in [0.717, 1.165) is 19.6 Å². The molecule has 0 spiro atoms. The Morgan fingerprint density at radius 3 is 2.53 bits per heavy atom. The first-order chi connectivity index (χ1) is 8.13. The number of halogens is 1. The molecule has 1 aliphatic heterocycles. The van der Waals surface area contributed by atoms with Crippen LogP contribution in [-0.4, -0.2) is 13.2 Å². The number of rotatable bonds is 3. The van der Waals surface area contributed by atoms with Crippen molar-refractivity contribution in [3.05, 3.63) is 33.3 Å². The summed E-state index contributed by atoms with van der Waals surface area (Å²) < 4.78 is 6.62. The molecule has 1 aliphatic rings. The lowest BCUT2D eigenvalue weighted by atomic mass is 9.91. The topological polar surface area (TPSA) is 47.3 Å². The molecule has 0 bridgehead atoms. The van der Waals surface area contributed by atoms with Crippen molar-refractivity contribution in [1.82, 2.24) is 5.43 Å². The molecule has 1 heterocycles. The first-order valence-electron chi connectivity index (χ1n) is 5.94. The van der Waals surface area contributed by atoms with Crippen LogP contribution in [0.2, 0.25) is 0 Å². The quantitative estimate of drug-likeness (QED) is 0.666. The minimum Gasteiger partial charge on any atom is -0.381 e. The lowest BCUT2D eigenvalue weighted by Gasteiger charge is -2.23. The molecule has 0 amide bonds. The van der Waals surface area contributed by atoms with Crippen LogP contribution in [0.1, 0.15) is 29.2 Å². The zero-order valence-corrected chi connectivity index (χ0v) is 11.9. The SMILES string of the molecule is Cc1cc(C(NN)C2CCOC2)cc(C)c1Br. The minimum absolute atomic E-state index is 0.183. The summed E-state index contributed by atoms with van der Waals surface area (Å²) in [5.41, 5.74) is 6.69. The van der Waals surface area contributed by atoms with Gasteiger partial charge in [-0.1, -0.05) is 28.1 Å². The molecule has 2 atom stereocenters. The fourth-order valence-corrected chi connectivity index (χ4v) is 2.71. The third kappa shape index (κ3) is 2.71. The van der Waals surface area contributed by atoms with Gasteiger partial charge in [-0.2, -0.15) is 0 Å². The maximum Gasteiger partial charge on any atom is 0.0513 e. The van der Waals surface area contributed by atoms with E-state index in [1.807, 2.05) is 0 Å². The number of nitrogens with two attached hydrogens (primary N) is 1. The maximum atomic E-state index is 5.71. The minimum atomic E-state index is 0.183. The van der Waals surface area contributed by atoms with Crippen molar-refractivity contribution in [2.45, 2.75) is 26.3 Å². The largest absolute Gasteiger partial charge is 0.381 e. The summed E-state index contributed by atoms with van der Waals surface area (Å²) in [6, 6.07) is 4.57. The standard InChI is InChI=1S/C13H19BrN2O/c1-8-5-11(6-9(2)12(8)14)13(16-15)10-3-4-17-7-10/h5-6,10,13,16H,3-4,7,15H2,1-2H3. The molecule has 0 aliphatic carbocycles. The van der Waals surface area contributed by atoms with Crippen molar-refractivity contribution in [2.75, 3.05) is 13.2 Å². The molecule has 1 fully saturated rings. The van der Waals surface area contributed by atoms with Crippen molar-refractivity contribution in [3.8, 4) is 0 Å². The van der Waals surface area contributed by atoms with E-state index in [4.69, 9.17) is 10.6 Å². The summed E-state index contributed by atoms with van der Waals surface area (Å²) in [6.45, 7) is 5.86. The second kappa shape index (κ2) is 5.48. The third-order valence-corrected chi connectivity index (χ3v) is 4.68. The van der Waals surface area contributed by atoms with Gasteiger partial charge in [0.1, 0.15) is 0 Å². The Morgan fingerprint density at radius 2 is 2.06 bits per heavy atom. The van der Waals surface area contributed by atoms with Crippen LogP contribution >= 0.6 is 15.9 Å². The molecule has 3 N–H and O–H groups in total. The number of hydrogen-bond acceptors (Lipinski definition) is 3. The van der Waals surface area contributed by atoms with Crippen LogP contribution < -0.4 is 11.3 Å². The van der Waals surface area contributed by atoms with Gasteiger partial charge < -0.3 is 4.74 Å². The second-order valence-electron chi connectivity index (χ2n) is 4.74. The van der Waals surface area contributed by atoms with E-state index in [2.05, 4.69) is 47.3 Å². The second-order valence-corrected chi connectivity index (χ2v) is 5.53. The lowest BCUT2D eigenvalue weighted by Crippen LogP contribution is -2.34. The zero-order valence-electron chi connectivity index (χ0n) is 10.3. The number of aryl methyl sites for hydroxylation is 2. The summed E-state index contributed by atoms with van der Waals surface area (Å²) in [6.07, 6.45) is 1.07. The highest BCUT2D eigenvalue weighted by Gasteiger charge is 2.26. The Labute approximate surface area is 111 Å². The summed E-state index contributed by atoms with van der Waals surface area (Å²) in [4.78, 5) is 0. The Bertz CT molecular complexity index is 379. The molecule has 0 aromatic heterocycles. The highest BCUT2D eigenvalue weighted by molar-refractivity contribution is 9.10. The molecule has 1 aromatic rings. The van der Waals surface area contributed by atoms with Crippen molar-refractivity contribution in [2.24, 2.45) is 11.8 Å². The van der Waals surface area contributed by atoms with Gasteiger partial charge in [-0.05, 0) is 37.0 Å². The van der Waals surface area contributed by atoms with Gasteiger partial charge in [0.25, 0.3) is 0 Å². The first-order valence-corrected chi connectivity index (χ1v) is 6.73. The van der Waals surface area contributed by atoms with E-state index in [1.165, 1.54) is 21.2 Å². The van der Waals surface area contributed by atoms with Crippen molar-refractivity contribution in [3.63, 3.8) is 0 Å². The Morgan fingerprint density at radius 1 is 1.41 bits per heavy atom. The van der Waals surface area contributed by atoms with E-state index >= 15 is 0 Å². The molecule has 0 radical (unpaired) electrons. The Balaban J connectivity index is 2.30. The van der Waals surface area contributed by atoms with E-state index in [0.29, 0.717) is 5.92 Å². The van der Waals surface area contributed by atoms with Gasteiger partial charge in [0.05, 0.1) is 12.6 Å². The van der Waals surface area contributed by atoms with Gasteiger partial charge in [-0.15, -0.1) is 0 Å². The fourth-order valence-electron chi connectivity index (χ4n) is 2.48. The number of hydrazine groups is 1. The van der Waals surface area contributed by atoms with Gasteiger partial charge in [-0.3, -0.25) is 11.3 Å². The van der Waals surface area contributed by atoms with Gasteiger partial charge in [0.15, 0.2) is 0 Å². The summed E-state index contributed by atoms with van der Waals surface area (Å²) >= 11 is 3.59. The molecule has 94 valence electrons. The molecule has 1 saturated heterocycles. The fraction of sp³-hybridized carbons (Fsp3) is 0.538. The molecule has 2 rings (SSSR count). The van der Waals surface area contributed by atoms with E-state index in [9.17, 15) is 0 Å². The third-order valence-electron chi connectivity index (χ3n) is 3.43. The molecule has 2 unspecified atom stereocenters. The molecular formula is C13H19BrN2O. The molecule has 17 heavy (non-hydrogen) atoms. The van der Waals surface area contributed by atoms with Crippen LogP contribution in [0.3, 0.4) is 0 Å². The molecular weight excluding hydrogens is 280 g/mol. The molecule has 4 heteroatoms. The van der Waals surface area contributed by atoms with Crippen molar-refractivity contribution >= 4 is 15.9 Å². The highest BCUT2D eigenvalue weighted by atomic mass is 79.9. The smallest absolute Gasteiger partial charge is 0.0513 e. The molecule has 1 aromatic carbocycles. The van der Waals surface area contributed by atoms with E-state index in [1.54, 1.807) is 0 Å². The van der Waals surface area contributed by atoms with Crippen LogP contribution in [0.4, 0.5) is 0 Å². The number of ether oxygens (including phenoxy) is 1. The summed E-state index contributed by atoms with van der Waals surface area (Å²) in [7, 11) is 0. The number of nitrogens with one attached hydrogen (secondary N) is 1. The van der Waals surface area contributed by atoms with Crippen LogP contribution in [0, 0.1) is 19.8 Å². The summed E-state index contributed by atoms with van der Waals surface area (Å²) in [5, 5.41) is 0. The predicted molar refractivity (Wildman–Crippen MR) is 72.6 cm³/mol. The maximum absolute atomic E-state index is 5.71. The van der Waals surface area contributed by atoms with Gasteiger partial charge in [-0.25, -0.2) is 0 Å². The van der Waals surface area contributed by atoms with Crippen LogP contribution in [0.5, 0.6) is 0 Å². The van der Waals surface area contributed by atoms with E-state index < -0.39 is 0 Å². The molecule has 3 nitrogen and oxygen atoms in total. The number of hydrogen-bond donors (Lipinski definition) is 2. The van der Waals surface area contributed by atoms with Gasteiger partial charge in [0.2, 0.25) is 0 Å². The monoisotopic (exact) mass is 298 g/mol. The first kappa shape index (κ1) is 13.0. The average Bonchev–Trinajstić information content (AvgIpc) is 2.80. The van der Waals surface area contributed by atoms with Crippen LogP contribution in [0.15, 0.2) is 16.6 Å². The van der Waals surface area contributed by atoms with Crippen molar-refractivity contribution in [1.29, 1.82) is 0 Å². The van der Waals surface area contributed by atoms with Crippen molar-refractivity contribution < 1.29 is 4.74 Å². The lowest BCUT2D eigenvalue weighted by molar-refractivity contribution is 0.177. The average molecular weight is 299 g/mol. The van der Waals surface area contributed by atoms with Gasteiger partial charge in [0, 0.05) is 17.0 Å². The Hall–Kier alpha value is -0.420. The van der Waals surface area contributed by atoms with Crippen LogP contribution in [-0.2, 0) is 4.74 Å². The summed E-state index contributed by atoms with van der Waals surface area (Å²) in [5.74, 6) is 6.18. The van der Waals surface area contributed by atoms with Gasteiger partial charge >= 0.3 is 0 Å². The molecule has 0 saturated carbocycles. The van der Waals surface area contributed by atoms with Crippen LogP contribution in [0.25, 0.3) is 0 Å². The number of benzene rings is 1.